The molecule has 2 unspecified atom stereocenters. The Morgan fingerprint density at radius 2 is 1.77 bits per heavy atom. The molecule has 0 spiro atoms. The third-order valence-corrected chi connectivity index (χ3v) is 9.54. The van der Waals surface area contributed by atoms with E-state index in [4.69, 9.17) is 0 Å². The number of carboxylic acids is 1. The Hall–Kier alpha value is -1.27. The number of carbonyl (C=O) groups is 1. The molecule has 0 aliphatic heterocycles. The van der Waals surface area contributed by atoms with Gasteiger partial charge in [-0.15, -0.1) is 0 Å². The van der Waals surface area contributed by atoms with Crippen LogP contribution in [0.5, 0.6) is 0 Å². The highest BCUT2D eigenvalue weighted by atomic mass is 33.1. The van der Waals surface area contributed by atoms with Gasteiger partial charge in [-0.05, 0) is 73.3 Å². The van der Waals surface area contributed by atoms with Gasteiger partial charge in [0, 0.05) is 16.2 Å². The number of aliphatic carboxylic acids is 1. The summed E-state index contributed by atoms with van der Waals surface area (Å²) in [5, 5.41) is 11.3. The van der Waals surface area contributed by atoms with E-state index < -0.39 is 14.8 Å². The van der Waals surface area contributed by atoms with E-state index in [9.17, 15) is 18.3 Å². The van der Waals surface area contributed by atoms with E-state index in [1.165, 1.54) is 24.7 Å². The Bertz CT molecular complexity index is 843. The lowest BCUT2D eigenvalue weighted by Crippen LogP contribution is -2.52. The van der Waals surface area contributed by atoms with Crippen molar-refractivity contribution in [3.63, 3.8) is 0 Å². The van der Waals surface area contributed by atoms with E-state index in [0.29, 0.717) is 28.2 Å². The third kappa shape index (κ3) is 3.11. The van der Waals surface area contributed by atoms with Crippen LogP contribution in [0.4, 0.5) is 0 Å². The van der Waals surface area contributed by atoms with Gasteiger partial charge >= 0.3 is 5.97 Å². The van der Waals surface area contributed by atoms with E-state index in [2.05, 4.69) is 6.92 Å². The minimum Gasteiger partial charge on any atom is -0.478 e. The van der Waals surface area contributed by atoms with Crippen molar-refractivity contribution >= 4 is 25.6 Å². The van der Waals surface area contributed by atoms with Crippen molar-refractivity contribution in [1.29, 1.82) is 0 Å². The Morgan fingerprint density at radius 3 is 2.31 bits per heavy atom. The number of benzene rings is 1. The van der Waals surface area contributed by atoms with Gasteiger partial charge in [-0.3, -0.25) is 0 Å². The Balaban J connectivity index is 1.67. The Labute approximate surface area is 158 Å². The summed E-state index contributed by atoms with van der Waals surface area (Å²) in [5.41, 5.74) is 0.160. The number of hydrogen-bond donors (Lipinski definition) is 1. The van der Waals surface area contributed by atoms with Gasteiger partial charge in [0.05, 0.1) is 10.5 Å². The van der Waals surface area contributed by atoms with E-state index in [-0.39, 0.29) is 15.7 Å². The average molecular weight is 393 g/mol. The first-order valence-electron chi connectivity index (χ1n) is 9.14. The van der Waals surface area contributed by atoms with Crippen LogP contribution in [0.3, 0.4) is 0 Å². The first-order valence-corrected chi connectivity index (χ1v) is 12.0. The van der Waals surface area contributed by atoms with Crippen LogP contribution in [0.1, 0.15) is 45.4 Å². The summed E-state index contributed by atoms with van der Waals surface area (Å²) in [5.74, 6) is 0.200. The smallest absolute Gasteiger partial charge is 0.332 e. The van der Waals surface area contributed by atoms with Crippen LogP contribution in [0.2, 0.25) is 0 Å². The first kappa shape index (κ1) is 18.1. The fraction of sp³-hybridized carbons (Fsp3) is 0.550. The average Bonchev–Trinajstić information content (AvgIpc) is 2.52. The highest BCUT2D eigenvalue weighted by Crippen LogP contribution is 2.67. The molecule has 4 aliphatic carbocycles. The molecule has 140 valence electrons. The molecule has 4 aliphatic rings. The quantitative estimate of drug-likeness (QED) is 0.582. The van der Waals surface area contributed by atoms with Crippen LogP contribution in [0.15, 0.2) is 46.2 Å². The standard InChI is InChI=1S/C20H24O4S2/c1-19-8-14-7-15(9-19)11-20(10-14,13-19)17(18(21)22)12-25-26(23,24)16-5-3-2-4-6-16/h2-6,12,14-15H,7-11,13H2,1H3,(H,21,22). The molecule has 5 rings (SSSR count). The maximum absolute atomic E-state index is 12.6. The van der Waals surface area contributed by atoms with Gasteiger partial charge in [0.15, 0.2) is 0 Å². The van der Waals surface area contributed by atoms with Crippen LogP contribution in [-0.2, 0) is 13.7 Å². The van der Waals surface area contributed by atoms with Crippen LogP contribution >= 0.6 is 10.8 Å². The molecule has 0 radical (unpaired) electrons. The highest BCUT2D eigenvalue weighted by Gasteiger charge is 2.58. The van der Waals surface area contributed by atoms with Gasteiger partial charge in [-0.25, -0.2) is 13.2 Å². The summed E-state index contributed by atoms with van der Waals surface area (Å²) in [6.07, 6.45) is 6.24. The summed E-state index contributed by atoms with van der Waals surface area (Å²) in [4.78, 5) is 12.3. The molecule has 0 saturated heterocycles. The van der Waals surface area contributed by atoms with E-state index in [0.717, 1.165) is 19.3 Å². The predicted molar refractivity (Wildman–Crippen MR) is 102 cm³/mol. The molecular weight excluding hydrogens is 368 g/mol. The summed E-state index contributed by atoms with van der Waals surface area (Å²) in [6, 6.07) is 8.20. The van der Waals surface area contributed by atoms with Crippen molar-refractivity contribution in [3.05, 3.63) is 41.3 Å². The van der Waals surface area contributed by atoms with Gasteiger partial charge in [-0.1, -0.05) is 25.1 Å². The molecule has 4 fully saturated rings. The van der Waals surface area contributed by atoms with Gasteiger partial charge in [-0.2, -0.15) is 0 Å². The Morgan fingerprint density at radius 1 is 1.15 bits per heavy atom. The summed E-state index contributed by atoms with van der Waals surface area (Å²) < 4.78 is 25.1. The van der Waals surface area contributed by atoms with E-state index in [1.54, 1.807) is 30.3 Å². The predicted octanol–water partition coefficient (Wildman–Crippen LogP) is 4.68. The number of rotatable bonds is 5. The molecular formula is C20H24O4S2. The lowest BCUT2D eigenvalue weighted by atomic mass is 9.43. The second kappa shape index (κ2) is 6.13. The van der Waals surface area contributed by atoms with Crippen molar-refractivity contribution in [3.8, 4) is 0 Å². The van der Waals surface area contributed by atoms with E-state index >= 15 is 0 Å². The van der Waals surface area contributed by atoms with Crippen LogP contribution in [0.25, 0.3) is 0 Å². The van der Waals surface area contributed by atoms with Crippen molar-refractivity contribution in [2.24, 2.45) is 22.7 Å². The molecule has 0 heterocycles. The van der Waals surface area contributed by atoms with E-state index in [1.807, 2.05) is 0 Å². The molecule has 26 heavy (non-hydrogen) atoms. The first-order chi connectivity index (χ1) is 12.2. The molecule has 1 aromatic carbocycles. The summed E-state index contributed by atoms with van der Waals surface area (Å²) in [6.45, 7) is 2.28. The molecule has 1 aromatic rings. The Kier molecular flexibility index (Phi) is 4.27. The number of hydrogen-bond acceptors (Lipinski definition) is 4. The monoisotopic (exact) mass is 392 g/mol. The summed E-state index contributed by atoms with van der Waals surface area (Å²) in [7, 11) is -2.95. The molecule has 0 amide bonds. The molecule has 4 bridgehead atoms. The van der Waals surface area contributed by atoms with Crippen LogP contribution < -0.4 is 0 Å². The molecule has 1 N–H and O–H groups in total. The molecule has 0 aromatic heterocycles. The normalized spacial score (nSPS) is 36.3. The lowest BCUT2D eigenvalue weighted by molar-refractivity contribution is -0.138. The van der Waals surface area contributed by atoms with Gasteiger partial charge in [0.1, 0.15) is 0 Å². The van der Waals surface area contributed by atoms with Gasteiger partial charge in [0.2, 0.25) is 8.87 Å². The molecule has 6 heteroatoms. The maximum Gasteiger partial charge on any atom is 0.332 e. The zero-order valence-electron chi connectivity index (χ0n) is 14.8. The summed E-state index contributed by atoms with van der Waals surface area (Å²) >= 11 is 0. The second-order valence-electron chi connectivity index (χ2n) is 8.75. The van der Waals surface area contributed by atoms with Gasteiger partial charge < -0.3 is 5.11 Å². The maximum atomic E-state index is 12.6. The molecule has 4 nitrogen and oxygen atoms in total. The second-order valence-corrected chi connectivity index (χ2v) is 12.5. The highest BCUT2D eigenvalue weighted by molar-refractivity contribution is 8.73. The van der Waals surface area contributed by atoms with Crippen LogP contribution in [0, 0.1) is 22.7 Å². The lowest BCUT2D eigenvalue weighted by Gasteiger charge is -2.61. The zero-order valence-corrected chi connectivity index (χ0v) is 16.5. The minimum absolute atomic E-state index is 0.210. The van der Waals surface area contributed by atoms with Crippen molar-refractivity contribution < 1.29 is 18.3 Å². The van der Waals surface area contributed by atoms with Crippen molar-refractivity contribution in [2.75, 3.05) is 0 Å². The SMILES string of the molecule is CC12CC3CC(C1)CC(C(=CSS(=O)(=O)c1ccccc1)C(=O)O)(C3)C2. The third-order valence-electron chi connectivity index (χ3n) is 6.48. The topological polar surface area (TPSA) is 71.4 Å². The fourth-order valence-corrected chi connectivity index (χ4v) is 8.70. The zero-order chi connectivity index (χ0) is 18.6. The van der Waals surface area contributed by atoms with Gasteiger partial charge in [0.25, 0.3) is 0 Å². The largest absolute Gasteiger partial charge is 0.478 e. The minimum atomic E-state index is -3.60. The van der Waals surface area contributed by atoms with Crippen molar-refractivity contribution in [2.45, 2.75) is 50.3 Å². The molecule has 4 saturated carbocycles. The van der Waals surface area contributed by atoms with Crippen LogP contribution in [-0.4, -0.2) is 19.5 Å². The molecule has 2 atom stereocenters. The fourth-order valence-electron chi connectivity index (χ4n) is 6.19. The van der Waals surface area contributed by atoms with Crippen molar-refractivity contribution in [1.82, 2.24) is 0 Å². The number of carboxylic acid groups (broad SMARTS) is 1.